The van der Waals surface area contributed by atoms with Crippen LogP contribution in [0.2, 0.25) is 0 Å². The third-order valence-electron chi connectivity index (χ3n) is 19.8. The van der Waals surface area contributed by atoms with E-state index in [1.54, 1.807) is 199 Å². The van der Waals surface area contributed by atoms with Crippen molar-refractivity contribution in [3.63, 3.8) is 0 Å². The summed E-state index contributed by atoms with van der Waals surface area (Å²) in [5.74, 6) is -2.36. The summed E-state index contributed by atoms with van der Waals surface area (Å²) in [5, 5.41) is 87.5. The molecule has 16 rings (SSSR count). The van der Waals surface area contributed by atoms with Crippen molar-refractivity contribution < 1.29 is 78.3 Å². The summed E-state index contributed by atoms with van der Waals surface area (Å²) in [6.45, 7) is 8.24. The summed E-state index contributed by atoms with van der Waals surface area (Å²) in [5.41, 5.74) is 12.8. The fourth-order valence-electron chi connectivity index (χ4n) is 13.0. The summed E-state index contributed by atoms with van der Waals surface area (Å²) in [6.07, 6.45) is 0. The van der Waals surface area contributed by atoms with E-state index in [2.05, 4.69) is 36.1 Å². The summed E-state index contributed by atoms with van der Waals surface area (Å²) in [4.78, 5) is 60.6. The number of aryl methyl sites for hydroxylation is 3. The second kappa shape index (κ2) is 41.4. The van der Waals surface area contributed by atoms with Gasteiger partial charge in [0.2, 0.25) is 0 Å². The number of nitrogens with zero attached hydrogens (tertiary/aromatic N) is 5. The highest BCUT2D eigenvalue weighted by Crippen LogP contribution is 2.38. The molecule has 0 atom stereocenters. The predicted octanol–water partition coefficient (Wildman–Crippen LogP) is 24.5. The summed E-state index contributed by atoms with van der Waals surface area (Å²) >= 11 is 0. The number of amides is 4. The first kappa shape index (κ1) is 89.2. The van der Waals surface area contributed by atoms with Crippen LogP contribution in [-0.2, 0) is 6.54 Å². The van der Waals surface area contributed by atoms with Gasteiger partial charge < -0.3 is 50.9 Å². The Labute approximate surface area is 721 Å². The minimum Gasteiger partial charge on any atom is -0.508 e. The summed E-state index contributed by atoms with van der Waals surface area (Å²) < 4.78 is 40.7. The van der Waals surface area contributed by atoms with Crippen molar-refractivity contribution in [1.82, 2.24) is 0 Å². The van der Waals surface area contributed by atoms with Gasteiger partial charge in [0.15, 0.2) is 11.6 Å². The van der Waals surface area contributed by atoms with Gasteiger partial charge in [-0.1, -0.05) is 104 Å². The molecule has 4 amide bonds. The Morgan fingerprint density at radius 1 is 0.264 bits per heavy atom. The number of anilines is 10. The Balaban J connectivity index is 0.000000152. The van der Waals surface area contributed by atoms with Crippen molar-refractivity contribution in [3.05, 3.63) is 438 Å². The van der Waals surface area contributed by atoms with Crippen molar-refractivity contribution >= 4 is 91.3 Å². The number of hydrogen-bond acceptors (Lipinski definition) is 14. The molecule has 0 radical (unpaired) electrons. The second-order valence-electron chi connectivity index (χ2n) is 28.5. The minimum absolute atomic E-state index is 0. The molecule has 16 aromatic carbocycles. The van der Waals surface area contributed by atoms with Gasteiger partial charge in [0.25, 0.3) is 23.6 Å². The van der Waals surface area contributed by atoms with Gasteiger partial charge in [-0.25, -0.2) is 13.2 Å². The topological polar surface area (TPSA) is 267 Å². The monoisotopic (exact) mass is 1670 g/mol. The second-order valence-corrected chi connectivity index (χ2v) is 28.5. The molecule has 0 fully saturated rings. The van der Waals surface area contributed by atoms with Gasteiger partial charge in [-0.2, -0.15) is 0 Å². The molecule has 0 aliphatic heterocycles. The number of benzene rings is 16. The number of carbonyl (C=O) groups excluding carboxylic acids is 4. The van der Waals surface area contributed by atoms with Gasteiger partial charge in [0.05, 0.1) is 0 Å². The highest BCUT2D eigenvalue weighted by molar-refractivity contribution is 6.14. The lowest BCUT2D eigenvalue weighted by molar-refractivity contribution is 0.0990. The largest absolute Gasteiger partial charge is 0.508 e. The molecule has 0 spiro atoms. The van der Waals surface area contributed by atoms with Crippen LogP contribution in [0, 0.1) is 45.1 Å². The fraction of sp³-hybridized carbons (Fsp3) is 0.0577. The average molecular weight is 1670 g/mol. The van der Waals surface area contributed by atoms with Crippen molar-refractivity contribution in [2.45, 2.75) is 41.7 Å². The Bertz CT molecular complexity index is 6160. The molecule has 0 heterocycles. The summed E-state index contributed by atoms with van der Waals surface area (Å²) in [7, 11) is 0. The molecular formula is C104H88F3N5O13. The Morgan fingerprint density at radius 3 is 0.952 bits per heavy atom. The van der Waals surface area contributed by atoms with Gasteiger partial charge in [-0.15, -0.1) is 0 Å². The molecule has 628 valence electrons. The number of para-hydroxylation sites is 1. The number of carbonyl (C=O) groups is 4. The molecular weight excluding hydrogens is 1580 g/mol. The van der Waals surface area contributed by atoms with E-state index in [9.17, 15) is 78.3 Å². The van der Waals surface area contributed by atoms with Crippen molar-refractivity contribution in [2.24, 2.45) is 0 Å². The standard InChI is InChI=1S/C23H17NO3.C21H19NO3.C20H16FNO3.C20H18FNO.C19H14FNO3.CH4/c25-21-11-7-19(8-12-21)24(20-9-13-22(26)14-10-20)23(27)18-6-5-16-3-1-2-4-17(16)15-18;1-14-4-3-5-20(15(14)2)21(25)22(16-6-10-18(23)11-7-16)17-8-12-19(24)13-9-17;1-13-2-3-14(12-19(13)21)20(25)22(15-4-8-17(23)9-5-15)16-6-10-18(24)11-7-16;1-15-2-4-16(5-3-15)14-22(18-8-6-17(21)7-9-18)19-10-12-20(23)13-11-19;20-17-12-13(6-11-18(17)23)19(24)21(14-4-2-1-3-5-14)15-7-9-16(22)10-8-15;/h1-15,25-26H;3-13,23-24H,1-2H3;2-12,23-24H,1H3;2-13,23H,14H2,1H3;1-12,22-23H;1H4. The van der Waals surface area contributed by atoms with E-state index in [1.807, 2.05) is 80.6 Å². The molecule has 125 heavy (non-hydrogen) atoms. The molecule has 18 nitrogen and oxygen atoms in total. The van der Waals surface area contributed by atoms with Crippen LogP contribution >= 0.6 is 0 Å². The van der Waals surface area contributed by atoms with E-state index in [-0.39, 0.29) is 82.2 Å². The van der Waals surface area contributed by atoms with E-state index in [0.29, 0.717) is 68.7 Å². The van der Waals surface area contributed by atoms with Gasteiger partial charge in [0.1, 0.15) is 57.6 Å². The lowest BCUT2D eigenvalue weighted by atomic mass is 10.0. The van der Waals surface area contributed by atoms with Crippen LogP contribution < -0.4 is 24.5 Å². The maximum absolute atomic E-state index is 13.9. The van der Waals surface area contributed by atoms with Crippen molar-refractivity contribution in [2.75, 3.05) is 24.5 Å². The number of phenols is 9. The first-order valence-corrected chi connectivity index (χ1v) is 38.9. The number of aromatic hydroxyl groups is 9. The average Bonchev–Trinajstić information content (AvgIpc) is 0.799. The van der Waals surface area contributed by atoms with Crippen molar-refractivity contribution in [1.29, 1.82) is 0 Å². The number of phenolic OH excluding ortho intramolecular Hbond substituents is 9. The zero-order valence-corrected chi connectivity index (χ0v) is 67.5. The molecule has 0 unspecified atom stereocenters. The van der Waals surface area contributed by atoms with E-state index in [1.165, 1.54) is 100 Å². The van der Waals surface area contributed by atoms with E-state index < -0.39 is 29.2 Å². The quantitative estimate of drug-likeness (QED) is 0.0436. The summed E-state index contributed by atoms with van der Waals surface area (Å²) in [6, 6.07) is 102. The minimum atomic E-state index is -0.862. The third kappa shape index (κ3) is 23.1. The first-order valence-electron chi connectivity index (χ1n) is 38.9. The molecule has 0 bridgehead atoms. The van der Waals surface area contributed by atoms with E-state index in [4.69, 9.17) is 0 Å². The normalized spacial score (nSPS) is 10.4. The zero-order valence-electron chi connectivity index (χ0n) is 67.5. The number of rotatable bonds is 16. The smallest absolute Gasteiger partial charge is 0.263 e. The maximum Gasteiger partial charge on any atom is 0.263 e. The molecule has 9 N–H and O–H groups in total. The predicted molar refractivity (Wildman–Crippen MR) is 486 cm³/mol. The van der Waals surface area contributed by atoms with Crippen LogP contribution in [0.3, 0.4) is 0 Å². The molecule has 0 saturated heterocycles. The Kier molecular flexibility index (Phi) is 29.6. The molecule has 16 aromatic rings. The van der Waals surface area contributed by atoms with Gasteiger partial charge in [-0.3, -0.25) is 38.8 Å². The van der Waals surface area contributed by atoms with Crippen LogP contribution in [0.1, 0.15) is 76.7 Å². The van der Waals surface area contributed by atoms with Crippen LogP contribution in [0.25, 0.3) is 10.8 Å². The van der Waals surface area contributed by atoms with Gasteiger partial charge in [0, 0.05) is 85.7 Å². The van der Waals surface area contributed by atoms with E-state index >= 15 is 0 Å². The number of fused-ring (bicyclic) bond motifs is 1. The molecule has 0 aromatic heterocycles. The zero-order chi connectivity index (χ0) is 88.1. The molecule has 0 aliphatic carbocycles. The SMILES string of the molecule is C.Cc1ccc(C(=O)N(c2ccc(O)cc2)c2ccc(O)cc2)cc1F.Cc1ccc(CN(c2ccc(O)cc2)c2ccc(F)cc2)cc1.Cc1cccc(C(=O)N(c2ccc(O)cc2)c2ccc(O)cc2)c1C.O=C(c1ccc(O)c(F)c1)N(c1ccccc1)c1ccc(O)cc1.O=C(c1ccc2ccccc2c1)N(c1ccc(O)cc1)c1ccc(O)cc1. The van der Waals surface area contributed by atoms with Crippen LogP contribution in [0.4, 0.5) is 70.0 Å². The highest BCUT2D eigenvalue weighted by atomic mass is 19.1. The molecule has 0 saturated carbocycles. The third-order valence-corrected chi connectivity index (χ3v) is 19.8. The molecule has 21 heteroatoms. The first-order chi connectivity index (χ1) is 59.7. The van der Waals surface area contributed by atoms with Crippen LogP contribution in [-0.4, -0.2) is 69.6 Å². The van der Waals surface area contributed by atoms with Crippen LogP contribution in [0.5, 0.6) is 51.7 Å². The van der Waals surface area contributed by atoms with E-state index in [0.717, 1.165) is 51.0 Å². The maximum atomic E-state index is 13.9. The van der Waals surface area contributed by atoms with Gasteiger partial charge >= 0.3 is 0 Å². The number of halogens is 3. The van der Waals surface area contributed by atoms with Crippen molar-refractivity contribution in [3.8, 4) is 51.7 Å². The highest BCUT2D eigenvalue weighted by Gasteiger charge is 2.27. The Morgan fingerprint density at radius 2 is 0.576 bits per heavy atom. The fourth-order valence-corrected chi connectivity index (χ4v) is 13.0. The lowest BCUT2D eigenvalue weighted by Gasteiger charge is -2.25. The molecule has 0 aliphatic rings. The van der Waals surface area contributed by atoms with Gasteiger partial charge in [-0.05, 0) is 340 Å². The Hall–Kier alpha value is -16.6. The lowest BCUT2D eigenvalue weighted by Crippen LogP contribution is -2.26. The van der Waals surface area contributed by atoms with Crippen LogP contribution in [0.15, 0.2) is 370 Å². The number of hydrogen-bond donors (Lipinski definition) is 9.